The van der Waals surface area contributed by atoms with E-state index in [1.807, 2.05) is 0 Å². The standard InChI is InChI=1S/C16H25BrN2OS/c1-15(2)14-13(5-4-6-20-14)16(15,18)10-19(3)8-12-7-11(17)9-21-12/h7,9,13-14H,4-6,8,10,18H2,1-3H3. The fourth-order valence-corrected chi connectivity index (χ4v) is 5.72. The Kier molecular flexibility index (Phi) is 4.25. The molecule has 1 aromatic heterocycles. The molecule has 0 spiro atoms. The molecule has 3 unspecified atom stereocenters. The van der Waals surface area contributed by atoms with E-state index in [9.17, 15) is 0 Å². The number of halogens is 1. The number of rotatable bonds is 4. The van der Waals surface area contributed by atoms with Crippen molar-refractivity contribution in [3.05, 3.63) is 20.8 Å². The van der Waals surface area contributed by atoms with Gasteiger partial charge < -0.3 is 10.5 Å². The summed E-state index contributed by atoms with van der Waals surface area (Å²) in [5.41, 5.74) is 6.79. The molecule has 118 valence electrons. The van der Waals surface area contributed by atoms with Gasteiger partial charge in [-0.25, -0.2) is 0 Å². The van der Waals surface area contributed by atoms with Gasteiger partial charge in [-0.3, -0.25) is 4.90 Å². The zero-order chi connectivity index (χ0) is 15.3. The van der Waals surface area contributed by atoms with Gasteiger partial charge in [0.2, 0.25) is 0 Å². The van der Waals surface area contributed by atoms with Gasteiger partial charge in [-0.15, -0.1) is 11.3 Å². The van der Waals surface area contributed by atoms with Gasteiger partial charge in [0.05, 0.1) is 6.10 Å². The Morgan fingerprint density at radius 1 is 1.52 bits per heavy atom. The Labute approximate surface area is 140 Å². The molecule has 0 radical (unpaired) electrons. The predicted molar refractivity (Wildman–Crippen MR) is 91.5 cm³/mol. The van der Waals surface area contributed by atoms with Gasteiger partial charge in [0, 0.05) is 51.3 Å². The Balaban J connectivity index is 1.68. The second-order valence-corrected chi connectivity index (χ2v) is 9.12. The summed E-state index contributed by atoms with van der Waals surface area (Å²) in [4.78, 5) is 3.74. The van der Waals surface area contributed by atoms with Gasteiger partial charge in [-0.1, -0.05) is 13.8 Å². The normalized spacial score (nSPS) is 34.6. The van der Waals surface area contributed by atoms with Crippen molar-refractivity contribution in [1.82, 2.24) is 4.90 Å². The van der Waals surface area contributed by atoms with Gasteiger partial charge in [-0.05, 0) is 41.9 Å². The molecule has 3 nitrogen and oxygen atoms in total. The molecule has 21 heavy (non-hydrogen) atoms. The third-order valence-electron chi connectivity index (χ3n) is 5.47. The van der Waals surface area contributed by atoms with Crippen LogP contribution in [0.2, 0.25) is 0 Å². The molecule has 3 atom stereocenters. The first-order chi connectivity index (χ1) is 9.84. The summed E-state index contributed by atoms with van der Waals surface area (Å²) in [6.45, 7) is 7.34. The number of thiophene rings is 1. The van der Waals surface area contributed by atoms with Crippen LogP contribution in [0.5, 0.6) is 0 Å². The minimum absolute atomic E-state index is 0.0579. The topological polar surface area (TPSA) is 38.5 Å². The van der Waals surface area contributed by atoms with E-state index in [-0.39, 0.29) is 11.0 Å². The monoisotopic (exact) mass is 372 g/mol. The van der Waals surface area contributed by atoms with Crippen molar-refractivity contribution in [3.63, 3.8) is 0 Å². The molecule has 0 aromatic carbocycles. The summed E-state index contributed by atoms with van der Waals surface area (Å²) in [5.74, 6) is 0.513. The highest BCUT2D eigenvalue weighted by atomic mass is 79.9. The summed E-state index contributed by atoms with van der Waals surface area (Å²) in [6, 6.07) is 2.20. The molecule has 1 aromatic rings. The molecule has 2 aliphatic rings. The molecule has 2 N–H and O–H groups in total. The number of fused-ring (bicyclic) bond motifs is 1. The maximum Gasteiger partial charge on any atom is 0.0690 e. The highest BCUT2D eigenvalue weighted by Gasteiger charge is 2.66. The summed E-state index contributed by atoms with van der Waals surface area (Å²) in [7, 11) is 2.18. The van der Waals surface area contributed by atoms with Gasteiger partial charge in [0.1, 0.15) is 0 Å². The van der Waals surface area contributed by atoms with E-state index in [4.69, 9.17) is 10.5 Å². The largest absolute Gasteiger partial charge is 0.377 e. The lowest BCUT2D eigenvalue weighted by Gasteiger charge is -2.67. The van der Waals surface area contributed by atoms with Crippen LogP contribution in [0.15, 0.2) is 15.9 Å². The molecular weight excluding hydrogens is 348 g/mol. The van der Waals surface area contributed by atoms with Crippen LogP contribution < -0.4 is 5.73 Å². The first-order valence-electron chi connectivity index (χ1n) is 7.66. The average molecular weight is 373 g/mol. The highest BCUT2D eigenvalue weighted by Crippen LogP contribution is 2.57. The van der Waals surface area contributed by atoms with Crippen LogP contribution in [0.4, 0.5) is 0 Å². The number of hydrogen-bond donors (Lipinski definition) is 1. The van der Waals surface area contributed by atoms with E-state index in [0.717, 1.165) is 26.1 Å². The van der Waals surface area contributed by atoms with E-state index in [1.54, 1.807) is 11.3 Å². The van der Waals surface area contributed by atoms with Crippen molar-refractivity contribution in [2.45, 2.75) is 44.9 Å². The van der Waals surface area contributed by atoms with Crippen molar-refractivity contribution in [2.75, 3.05) is 20.2 Å². The zero-order valence-corrected chi connectivity index (χ0v) is 15.5. The smallest absolute Gasteiger partial charge is 0.0690 e. The SMILES string of the molecule is CN(Cc1cc(Br)cs1)CC1(N)C2CCCOC2C1(C)C. The van der Waals surface area contributed by atoms with E-state index >= 15 is 0 Å². The molecule has 0 amide bonds. The Morgan fingerprint density at radius 3 is 2.95 bits per heavy atom. The van der Waals surface area contributed by atoms with Crippen LogP contribution in [-0.2, 0) is 11.3 Å². The molecule has 5 heteroatoms. The third-order valence-corrected chi connectivity index (χ3v) is 7.16. The minimum atomic E-state index is -0.138. The molecule has 1 aliphatic carbocycles. The molecular formula is C16H25BrN2OS. The lowest BCUT2D eigenvalue weighted by Crippen LogP contribution is -2.80. The Bertz CT molecular complexity index is 518. The lowest BCUT2D eigenvalue weighted by atomic mass is 9.46. The van der Waals surface area contributed by atoms with Gasteiger partial charge in [-0.2, -0.15) is 0 Å². The first kappa shape index (κ1) is 15.9. The van der Waals surface area contributed by atoms with E-state index in [0.29, 0.717) is 12.0 Å². The fraction of sp³-hybridized carbons (Fsp3) is 0.750. The highest BCUT2D eigenvalue weighted by molar-refractivity contribution is 9.10. The Morgan fingerprint density at radius 2 is 2.29 bits per heavy atom. The molecule has 1 saturated carbocycles. The van der Waals surface area contributed by atoms with Gasteiger partial charge >= 0.3 is 0 Å². The molecule has 3 rings (SSSR count). The number of ether oxygens (including phenoxy) is 1. The molecule has 1 saturated heterocycles. The third kappa shape index (κ3) is 2.61. The van der Waals surface area contributed by atoms with E-state index in [1.165, 1.54) is 15.8 Å². The second kappa shape index (κ2) is 5.60. The number of nitrogens with zero attached hydrogens (tertiary/aromatic N) is 1. The second-order valence-electron chi connectivity index (χ2n) is 7.21. The zero-order valence-electron chi connectivity index (χ0n) is 13.1. The first-order valence-corrected chi connectivity index (χ1v) is 9.34. The van der Waals surface area contributed by atoms with Crippen molar-refractivity contribution in [1.29, 1.82) is 0 Å². The van der Waals surface area contributed by atoms with Crippen LogP contribution in [0.3, 0.4) is 0 Å². The van der Waals surface area contributed by atoms with Crippen LogP contribution >= 0.6 is 27.3 Å². The Hall–Kier alpha value is 0.0600. The average Bonchev–Trinajstić information content (AvgIpc) is 2.83. The van der Waals surface area contributed by atoms with E-state index in [2.05, 4.69) is 53.2 Å². The lowest BCUT2D eigenvalue weighted by molar-refractivity contribution is -0.231. The van der Waals surface area contributed by atoms with Crippen LogP contribution in [0.25, 0.3) is 0 Å². The quantitative estimate of drug-likeness (QED) is 0.878. The summed E-state index contributed by atoms with van der Waals surface area (Å²) in [5, 5.41) is 2.14. The van der Waals surface area contributed by atoms with Crippen molar-refractivity contribution in [2.24, 2.45) is 17.1 Å². The number of nitrogens with two attached hydrogens (primary N) is 1. The summed E-state index contributed by atoms with van der Waals surface area (Å²) < 4.78 is 7.16. The van der Waals surface area contributed by atoms with Gasteiger partial charge in [0.15, 0.2) is 0 Å². The van der Waals surface area contributed by atoms with Crippen molar-refractivity contribution >= 4 is 27.3 Å². The number of likely N-dealkylation sites (N-methyl/N-ethyl adjacent to an activating group) is 1. The maximum absolute atomic E-state index is 6.87. The van der Waals surface area contributed by atoms with Crippen LogP contribution in [0.1, 0.15) is 31.6 Å². The molecule has 0 bridgehead atoms. The van der Waals surface area contributed by atoms with Crippen molar-refractivity contribution < 1.29 is 4.74 Å². The summed E-state index contributed by atoms with van der Waals surface area (Å²) in [6.07, 6.45) is 2.71. The van der Waals surface area contributed by atoms with E-state index < -0.39 is 0 Å². The summed E-state index contributed by atoms with van der Waals surface area (Å²) >= 11 is 5.32. The maximum atomic E-state index is 6.87. The van der Waals surface area contributed by atoms with Gasteiger partial charge in [0.25, 0.3) is 0 Å². The molecule has 2 heterocycles. The number of hydrogen-bond acceptors (Lipinski definition) is 4. The van der Waals surface area contributed by atoms with Crippen molar-refractivity contribution in [3.8, 4) is 0 Å². The molecule has 2 fully saturated rings. The minimum Gasteiger partial charge on any atom is -0.377 e. The molecule has 1 aliphatic heterocycles. The fourth-order valence-electron chi connectivity index (χ4n) is 4.19. The van der Waals surface area contributed by atoms with Crippen LogP contribution in [0, 0.1) is 11.3 Å². The predicted octanol–water partition coefficient (Wildman–Crippen LogP) is 3.47. The van der Waals surface area contributed by atoms with Crippen LogP contribution in [-0.4, -0.2) is 36.7 Å².